The van der Waals surface area contributed by atoms with Gasteiger partial charge < -0.3 is 5.11 Å². The minimum absolute atomic E-state index is 0.254. The molecule has 6 heteroatoms. The Bertz CT molecular complexity index is 508. The van der Waals surface area contributed by atoms with E-state index < -0.39 is 17.5 Å². The van der Waals surface area contributed by atoms with Crippen molar-refractivity contribution in [1.29, 1.82) is 0 Å². The lowest BCUT2D eigenvalue weighted by Crippen LogP contribution is -2.33. The van der Waals surface area contributed by atoms with Crippen LogP contribution in [-0.4, -0.2) is 10.1 Å². The molecule has 1 N–H and O–H groups in total. The van der Waals surface area contributed by atoms with Gasteiger partial charge in [0, 0.05) is 5.56 Å². The number of aromatic nitrogens is 1. The second-order valence-corrected chi connectivity index (χ2v) is 6.50. The first-order valence-electron chi connectivity index (χ1n) is 7.10. The van der Waals surface area contributed by atoms with Crippen LogP contribution in [0.5, 0.6) is 0 Å². The summed E-state index contributed by atoms with van der Waals surface area (Å²) in [5.74, 6) is 1.07. The van der Waals surface area contributed by atoms with Crippen molar-refractivity contribution in [2.24, 2.45) is 11.8 Å². The molecule has 2 rings (SSSR count). The van der Waals surface area contributed by atoms with Gasteiger partial charge in [-0.2, -0.15) is 13.2 Å². The van der Waals surface area contributed by atoms with Gasteiger partial charge in [-0.05, 0) is 43.6 Å². The maximum atomic E-state index is 12.6. The second kappa shape index (κ2) is 5.76. The third kappa shape index (κ3) is 3.51. The number of hydrogen-bond donors (Lipinski definition) is 1. The van der Waals surface area contributed by atoms with Crippen molar-refractivity contribution in [2.75, 3.05) is 0 Å². The summed E-state index contributed by atoms with van der Waals surface area (Å²) in [6.07, 6.45) is -1.84. The van der Waals surface area contributed by atoms with Crippen molar-refractivity contribution < 1.29 is 18.3 Å². The van der Waals surface area contributed by atoms with E-state index in [1.807, 2.05) is 0 Å². The van der Waals surface area contributed by atoms with E-state index in [1.54, 1.807) is 0 Å². The number of halogens is 4. The van der Waals surface area contributed by atoms with Crippen LogP contribution in [0.3, 0.4) is 0 Å². The zero-order valence-electron chi connectivity index (χ0n) is 12.0. The van der Waals surface area contributed by atoms with Crippen LogP contribution in [0.1, 0.15) is 50.8 Å². The minimum Gasteiger partial charge on any atom is -0.385 e. The lowest BCUT2D eigenvalue weighted by Gasteiger charge is -2.38. The predicted molar refractivity (Wildman–Crippen MR) is 74.9 cm³/mol. The molecular formula is C15H19ClF3NO. The zero-order chi connectivity index (χ0) is 15.8. The van der Waals surface area contributed by atoms with E-state index in [4.69, 9.17) is 11.6 Å². The number of nitrogens with zero attached hydrogens (tertiary/aromatic N) is 1. The van der Waals surface area contributed by atoms with Crippen molar-refractivity contribution in [3.05, 3.63) is 28.5 Å². The molecule has 0 amide bonds. The average Bonchev–Trinajstić information content (AvgIpc) is 2.37. The summed E-state index contributed by atoms with van der Waals surface area (Å²) in [6, 6.07) is 2.14. The summed E-state index contributed by atoms with van der Waals surface area (Å²) < 4.78 is 37.8. The fourth-order valence-electron chi connectivity index (χ4n) is 2.99. The molecule has 1 aromatic rings. The highest BCUT2D eigenvalue weighted by molar-refractivity contribution is 6.30. The molecule has 2 nitrogen and oxygen atoms in total. The highest BCUT2D eigenvalue weighted by atomic mass is 35.5. The van der Waals surface area contributed by atoms with Gasteiger partial charge in [0.1, 0.15) is 10.8 Å². The summed E-state index contributed by atoms with van der Waals surface area (Å²) in [5.41, 5.74) is -1.89. The summed E-state index contributed by atoms with van der Waals surface area (Å²) in [4.78, 5) is 3.40. The van der Waals surface area contributed by atoms with Crippen LogP contribution < -0.4 is 0 Å². The van der Waals surface area contributed by atoms with E-state index in [0.29, 0.717) is 30.2 Å². The molecule has 1 aliphatic carbocycles. The number of alkyl halides is 3. The normalized spacial score (nSPS) is 27.1. The first-order valence-corrected chi connectivity index (χ1v) is 7.48. The number of hydrogen-bond acceptors (Lipinski definition) is 2. The average molecular weight is 322 g/mol. The van der Waals surface area contributed by atoms with Gasteiger partial charge in [0.15, 0.2) is 0 Å². The topological polar surface area (TPSA) is 33.1 Å². The third-order valence-corrected chi connectivity index (χ3v) is 4.73. The number of pyridine rings is 1. The maximum absolute atomic E-state index is 12.6. The van der Waals surface area contributed by atoms with Gasteiger partial charge in [0.2, 0.25) is 0 Å². The van der Waals surface area contributed by atoms with Gasteiger partial charge >= 0.3 is 6.18 Å². The van der Waals surface area contributed by atoms with Crippen LogP contribution in [0, 0.1) is 11.8 Å². The maximum Gasteiger partial charge on any atom is 0.433 e. The Morgan fingerprint density at radius 1 is 1.29 bits per heavy atom. The Balaban J connectivity index is 2.23. The van der Waals surface area contributed by atoms with Crippen LogP contribution >= 0.6 is 11.6 Å². The van der Waals surface area contributed by atoms with Crippen LogP contribution in [0.4, 0.5) is 13.2 Å². The van der Waals surface area contributed by atoms with E-state index in [0.717, 1.165) is 18.9 Å². The smallest absolute Gasteiger partial charge is 0.385 e. The van der Waals surface area contributed by atoms with E-state index in [9.17, 15) is 18.3 Å². The standard InChI is InChI=1S/C15H19ClF3NO/c1-9(2)10-5-7-14(21,8-6-10)11-3-4-12(15(17,18)19)20-13(11)16/h3-4,9-10,21H,5-8H2,1-2H3. The van der Waals surface area contributed by atoms with Gasteiger partial charge in [-0.1, -0.05) is 31.5 Å². The molecule has 0 bridgehead atoms. The lowest BCUT2D eigenvalue weighted by atomic mass is 9.72. The molecule has 1 aromatic heterocycles. The molecule has 1 heterocycles. The van der Waals surface area contributed by atoms with Gasteiger partial charge in [0.05, 0.1) is 5.60 Å². The molecule has 1 fully saturated rings. The molecule has 0 spiro atoms. The summed E-state index contributed by atoms with van der Waals surface area (Å²) in [5, 5.41) is 10.5. The molecule has 0 unspecified atom stereocenters. The first kappa shape index (κ1) is 16.6. The molecular weight excluding hydrogens is 303 g/mol. The van der Waals surface area contributed by atoms with Crippen LogP contribution in [0.25, 0.3) is 0 Å². The fourth-order valence-corrected chi connectivity index (χ4v) is 3.32. The predicted octanol–water partition coefficient (Wildman–Crippen LogP) is 4.79. The first-order chi connectivity index (χ1) is 9.63. The van der Waals surface area contributed by atoms with E-state index in [-0.39, 0.29) is 5.15 Å². The molecule has 0 aromatic carbocycles. The largest absolute Gasteiger partial charge is 0.433 e. The Labute approximate surface area is 127 Å². The van der Waals surface area contributed by atoms with Gasteiger partial charge in [-0.15, -0.1) is 0 Å². The van der Waals surface area contributed by atoms with Crippen LogP contribution in [-0.2, 0) is 11.8 Å². The Hall–Kier alpha value is -0.810. The third-order valence-electron chi connectivity index (χ3n) is 4.44. The molecule has 21 heavy (non-hydrogen) atoms. The summed E-state index contributed by atoms with van der Waals surface area (Å²) >= 11 is 5.89. The Kier molecular flexibility index (Phi) is 4.54. The van der Waals surface area contributed by atoms with Crippen molar-refractivity contribution in [1.82, 2.24) is 4.98 Å². The quantitative estimate of drug-likeness (QED) is 0.795. The second-order valence-electron chi connectivity index (χ2n) is 6.15. The number of rotatable bonds is 2. The minimum atomic E-state index is -4.53. The molecule has 0 saturated heterocycles. The van der Waals surface area contributed by atoms with E-state index in [2.05, 4.69) is 18.8 Å². The lowest BCUT2D eigenvalue weighted by molar-refractivity contribution is -0.141. The van der Waals surface area contributed by atoms with Crippen molar-refractivity contribution in [3.63, 3.8) is 0 Å². The monoisotopic (exact) mass is 321 g/mol. The molecule has 0 radical (unpaired) electrons. The van der Waals surface area contributed by atoms with Crippen LogP contribution in [0.15, 0.2) is 12.1 Å². The fraction of sp³-hybridized carbons (Fsp3) is 0.667. The molecule has 0 aliphatic heterocycles. The molecule has 1 saturated carbocycles. The molecule has 0 atom stereocenters. The Morgan fingerprint density at radius 3 is 2.29 bits per heavy atom. The van der Waals surface area contributed by atoms with Crippen molar-refractivity contribution >= 4 is 11.6 Å². The SMILES string of the molecule is CC(C)C1CCC(O)(c2ccc(C(F)(F)F)nc2Cl)CC1. The zero-order valence-corrected chi connectivity index (χ0v) is 12.8. The Morgan fingerprint density at radius 2 is 1.86 bits per heavy atom. The van der Waals surface area contributed by atoms with Gasteiger partial charge in [-0.25, -0.2) is 4.98 Å². The highest BCUT2D eigenvalue weighted by Crippen LogP contribution is 2.44. The summed E-state index contributed by atoms with van der Waals surface area (Å²) in [6.45, 7) is 4.28. The van der Waals surface area contributed by atoms with Crippen molar-refractivity contribution in [2.45, 2.75) is 51.3 Å². The highest BCUT2D eigenvalue weighted by Gasteiger charge is 2.39. The van der Waals surface area contributed by atoms with E-state index >= 15 is 0 Å². The molecule has 118 valence electrons. The van der Waals surface area contributed by atoms with Crippen LogP contribution in [0.2, 0.25) is 5.15 Å². The molecule has 1 aliphatic rings. The van der Waals surface area contributed by atoms with E-state index in [1.165, 1.54) is 6.07 Å². The van der Waals surface area contributed by atoms with Gasteiger partial charge in [0.25, 0.3) is 0 Å². The number of aliphatic hydroxyl groups is 1. The van der Waals surface area contributed by atoms with Gasteiger partial charge in [-0.3, -0.25) is 0 Å². The summed E-state index contributed by atoms with van der Waals surface area (Å²) in [7, 11) is 0. The van der Waals surface area contributed by atoms with Crippen molar-refractivity contribution in [3.8, 4) is 0 Å².